The molecule has 12 heteroatoms. The quantitative estimate of drug-likeness (QED) is 0.536. The summed E-state index contributed by atoms with van der Waals surface area (Å²) in [4.78, 5) is 18.7. The van der Waals surface area contributed by atoms with Crippen molar-refractivity contribution in [2.24, 2.45) is 0 Å². The second-order valence-corrected chi connectivity index (χ2v) is 6.18. The van der Waals surface area contributed by atoms with E-state index >= 15 is 0 Å². The Balaban J connectivity index is 4.04. The van der Waals surface area contributed by atoms with Gasteiger partial charge in [-0.2, -0.15) is 16.8 Å². The Morgan fingerprint density at radius 2 is 1.40 bits per heavy atom. The monoisotopic (exact) mass is 324 g/mol. The van der Waals surface area contributed by atoms with Crippen LogP contribution in [0.5, 0.6) is 0 Å². The van der Waals surface area contributed by atoms with Crippen molar-refractivity contribution in [1.82, 2.24) is 0 Å². The smallest absolute Gasteiger partial charge is 0.295 e. The first kappa shape index (κ1) is 16.0. The van der Waals surface area contributed by atoms with Crippen molar-refractivity contribution in [2.75, 3.05) is 0 Å². The minimum Gasteiger partial charge on any atom is -0.545 e. The van der Waals surface area contributed by atoms with E-state index in [4.69, 9.17) is 9.11 Å². The Kier molecular flexibility index (Phi) is 3.87. The minimum absolute atomic E-state index is 0.0717. The van der Waals surface area contributed by atoms with Crippen molar-refractivity contribution >= 4 is 32.2 Å². The first-order valence-corrected chi connectivity index (χ1v) is 7.29. The number of carboxylic acid groups (broad SMARTS) is 2. The number of benzene rings is 1. The fourth-order valence-electron chi connectivity index (χ4n) is 1.31. The summed E-state index contributed by atoms with van der Waals surface area (Å²) in [5.74, 6) is -4.56. The maximum absolute atomic E-state index is 11.0. The Morgan fingerprint density at radius 3 is 1.70 bits per heavy atom. The molecule has 0 saturated heterocycles. The molecule has 10 nitrogen and oxygen atoms in total. The lowest BCUT2D eigenvalue weighted by Crippen LogP contribution is -2.32. The first-order valence-electron chi connectivity index (χ1n) is 4.41. The number of carboxylic acids is 2. The molecule has 0 aliphatic carbocycles. The fraction of sp³-hybridized carbons (Fsp3) is 0. The average Bonchev–Trinajstić information content (AvgIpc) is 2.24. The number of rotatable bonds is 4. The molecule has 110 valence electrons. The lowest BCUT2D eigenvalue weighted by atomic mass is 10.1. The van der Waals surface area contributed by atoms with Gasteiger partial charge in [-0.3, -0.25) is 9.11 Å². The highest BCUT2D eigenvalue weighted by Crippen LogP contribution is 2.24. The van der Waals surface area contributed by atoms with E-state index in [1.807, 2.05) is 0 Å². The molecule has 1 rings (SSSR count). The third-order valence-electron chi connectivity index (χ3n) is 2.08. The van der Waals surface area contributed by atoms with Crippen LogP contribution in [0.2, 0.25) is 0 Å². The van der Waals surface area contributed by atoms with E-state index in [9.17, 15) is 36.6 Å². The van der Waals surface area contributed by atoms with Gasteiger partial charge in [0, 0.05) is 11.1 Å². The molecule has 0 atom stereocenters. The van der Waals surface area contributed by atoms with Crippen molar-refractivity contribution in [3.05, 3.63) is 23.3 Å². The Bertz CT molecular complexity index is 802. The Morgan fingerprint density at radius 1 is 0.900 bits per heavy atom. The molecule has 1 aromatic carbocycles. The van der Waals surface area contributed by atoms with Crippen LogP contribution in [0.25, 0.3) is 0 Å². The van der Waals surface area contributed by atoms with Crippen molar-refractivity contribution in [3.8, 4) is 0 Å². The van der Waals surface area contributed by atoms with Gasteiger partial charge < -0.3 is 19.8 Å². The predicted octanol–water partition coefficient (Wildman–Crippen LogP) is -3.09. The van der Waals surface area contributed by atoms with E-state index in [1.165, 1.54) is 0 Å². The van der Waals surface area contributed by atoms with Crippen molar-refractivity contribution in [2.45, 2.75) is 9.79 Å². The summed E-state index contributed by atoms with van der Waals surface area (Å²) < 4.78 is 61.3. The zero-order valence-electron chi connectivity index (χ0n) is 9.13. The molecule has 0 bridgehead atoms. The molecule has 20 heavy (non-hydrogen) atoms. The molecule has 0 heterocycles. The van der Waals surface area contributed by atoms with Crippen LogP contribution in [-0.4, -0.2) is 37.9 Å². The van der Waals surface area contributed by atoms with Crippen LogP contribution in [0.4, 0.5) is 0 Å². The number of aromatic carboxylic acids is 2. The Hall–Kier alpha value is -2.02. The third-order valence-corrected chi connectivity index (χ3v) is 3.78. The van der Waals surface area contributed by atoms with Gasteiger partial charge in [-0.05, 0) is 12.1 Å². The second-order valence-electron chi connectivity index (χ2n) is 3.37. The highest BCUT2D eigenvalue weighted by molar-refractivity contribution is 7.86. The van der Waals surface area contributed by atoms with Gasteiger partial charge in [0.15, 0.2) is 0 Å². The molecular formula is C8H4O10S2-2. The van der Waals surface area contributed by atoms with Crippen LogP contribution in [0, 0.1) is 0 Å². The molecule has 1 aromatic rings. The molecule has 0 aliphatic rings. The standard InChI is InChI=1S/C8H6O10S2/c9-7(10)4-1-3(19(13,14)15)2-5(20(16,17)18)6(4)8(11)12/h1-2H,(H,9,10)(H,11,12)(H,13,14,15)(H,16,17,18)/p-2. The van der Waals surface area contributed by atoms with Gasteiger partial charge in [-0.1, -0.05) is 0 Å². The van der Waals surface area contributed by atoms with E-state index in [2.05, 4.69) is 0 Å². The van der Waals surface area contributed by atoms with Crippen molar-refractivity contribution < 1.29 is 45.7 Å². The number of hydrogen-bond acceptors (Lipinski definition) is 8. The van der Waals surface area contributed by atoms with Gasteiger partial charge >= 0.3 is 0 Å². The molecule has 0 fully saturated rings. The lowest BCUT2D eigenvalue weighted by molar-refractivity contribution is -0.260. The Labute approximate surface area is 111 Å². The van der Waals surface area contributed by atoms with Crippen LogP contribution in [0.3, 0.4) is 0 Å². The van der Waals surface area contributed by atoms with Gasteiger partial charge in [0.05, 0.1) is 16.8 Å². The van der Waals surface area contributed by atoms with E-state index in [0.717, 1.165) is 0 Å². The maximum atomic E-state index is 11.0. The summed E-state index contributed by atoms with van der Waals surface area (Å²) in [5.41, 5.74) is -2.90. The first-order chi connectivity index (χ1) is 8.85. The lowest BCUT2D eigenvalue weighted by Gasteiger charge is -2.16. The van der Waals surface area contributed by atoms with Gasteiger partial charge in [0.2, 0.25) is 0 Å². The van der Waals surface area contributed by atoms with Gasteiger partial charge in [-0.15, -0.1) is 0 Å². The third kappa shape index (κ3) is 3.11. The number of carbonyl (C=O) groups is 2. The van der Waals surface area contributed by atoms with Crippen LogP contribution in [-0.2, 0) is 20.2 Å². The molecule has 0 amide bonds. The van der Waals surface area contributed by atoms with Gasteiger partial charge in [0.25, 0.3) is 20.2 Å². The minimum atomic E-state index is -5.30. The van der Waals surface area contributed by atoms with Crippen LogP contribution < -0.4 is 10.2 Å². The summed E-state index contributed by atoms with van der Waals surface area (Å²) in [6.07, 6.45) is 0. The summed E-state index contributed by atoms with van der Waals surface area (Å²) in [5, 5.41) is 21.5. The maximum Gasteiger partial charge on any atom is 0.295 e. The second kappa shape index (κ2) is 4.82. The number of carbonyl (C=O) groups excluding carboxylic acids is 2. The topological polar surface area (TPSA) is 189 Å². The molecule has 0 radical (unpaired) electrons. The van der Waals surface area contributed by atoms with Gasteiger partial charge in [-0.25, -0.2) is 0 Å². The summed E-state index contributed by atoms with van der Waals surface area (Å²) >= 11 is 0. The zero-order valence-corrected chi connectivity index (χ0v) is 10.8. The number of hydrogen-bond donors (Lipinski definition) is 2. The molecule has 0 spiro atoms. The van der Waals surface area contributed by atoms with E-state index < -0.39 is 53.1 Å². The van der Waals surface area contributed by atoms with Crippen LogP contribution >= 0.6 is 0 Å². The van der Waals surface area contributed by atoms with Crippen molar-refractivity contribution in [1.29, 1.82) is 0 Å². The largest absolute Gasteiger partial charge is 0.545 e. The average molecular weight is 324 g/mol. The molecule has 0 aliphatic heterocycles. The van der Waals surface area contributed by atoms with Crippen molar-refractivity contribution in [3.63, 3.8) is 0 Å². The summed E-state index contributed by atoms with van der Waals surface area (Å²) in [6, 6.07) is 0.229. The molecule has 0 saturated carbocycles. The summed E-state index contributed by atoms with van der Waals surface area (Å²) in [7, 11) is -10.4. The zero-order chi connectivity index (χ0) is 15.9. The van der Waals surface area contributed by atoms with Crippen LogP contribution in [0.1, 0.15) is 20.7 Å². The normalized spacial score (nSPS) is 12.1. The highest BCUT2D eigenvalue weighted by atomic mass is 32.2. The van der Waals surface area contributed by atoms with Crippen LogP contribution in [0.15, 0.2) is 21.9 Å². The van der Waals surface area contributed by atoms with E-state index in [-0.39, 0.29) is 12.1 Å². The summed E-state index contributed by atoms with van der Waals surface area (Å²) in [6.45, 7) is 0. The van der Waals surface area contributed by atoms with Gasteiger partial charge in [0.1, 0.15) is 4.90 Å². The highest BCUT2D eigenvalue weighted by Gasteiger charge is 2.25. The molecular weight excluding hydrogens is 320 g/mol. The predicted molar refractivity (Wildman–Crippen MR) is 54.7 cm³/mol. The molecule has 0 aromatic heterocycles. The molecule has 2 N–H and O–H groups in total. The fourth-order valence-corrected chi connectivity index (χ4v) is 2.65. The van der Waals surface area contributed by atoms with E-state index in [1.54, 1.807) is 0 Å². The SMILES string of the molecule is O=C([O-])c1cc(S(=O)(=O)O)cc(S(=O)(=O)O)c1C(=O)[O-]. The molecule has 0 unspecified atom stereocenters. The van der Waals surface area contributed by atoms with E-state index in [0.29, 0.717) is 0 Å².